The Morgan fingerprint density at radius 3 is 2.50 bits per heavy atom. The molecule has 1 rings (SSSR count). The molecule has 0 fully saturated rings. The van der Waals surface area contributed by atoms with Crippen molar-refractivity contribution in [3.05, 3.63) is 24.3 Å². The summed E-state index contributed by atoms with van der Waals surface area (Å²) in [6, 6.07) is 7.68. The lowest BCUT2D eigenvalue weighted by molar-refractivity contribution is 0.226. The van der Waals surface area contributed by atoms with Crippen LogP contribution < -0.4 is 9.47 Å². The average molecular weight is 240 g/mol. The van der Waals surface area contributed by atoms with Gasteiger partial charge in [-0.25, -0.2) is 0 Å². The second-order valence-corrected chi connectivity index (χ2v) is 4.54. The SMILES string of the molecule is COc1cccc(OCC(CS)C(C)C)c1. The Labute approximate surface area is 103 Å². The van der Waals surface area contributed by atoms with E-state index >= 15 is 0 Å². The van der Waals surface area contributed by atoms with Crippen LogP contribution in [0.4, 0.5) is 0 Å². The van der Waals surface area contributed by atoms with Gasteiger partial charge in [-0.05, 0) is 23.8 Å². The Hall–Kier alpha value is -0.830. The predicted octanol–water partition coefficient (Wildman–Crippen LogP) is 3.28. The minimum atomic E-state index is 0.481. The van der Waals surface area contributed by atoms with Crippen molar-refractivity contribution in [1.82, 2.24) is 0 Å². The van der Waals surface area contributed by atoms with Crippen LogP contribution in [0.3, 0.4) is 0 Å². The highest BCUT2D eigenvalue weighted by Gasteiger charge is 2.12. The maximum atomic E-state index is 5.73. The van der Waals surface area contributed by atoms with Crippen LogP contribution in [0.2, 0.25) is 0 Å². The van der Waals surface area contributed by atoms with Gasteiger partial charge in [0.1, 0.15) is 11.5 Å². The fourth-order valence-corrected chi connectivity index (χ4v) is 1.88. The van der Waals surface area contributed by atoms with E-state index in [1.807, 2.05) is 24.3 Å². The number of hydrogen-bond acceptors (Lipinski definition) is 3. The van der Waals surface area contributed by atoms with Crippen LogP contribution in [0, 0.1) is 11.8 Å². The summed E-state index contributed by atoms with van der Waals surface area (Å²) in [6.07, 6.45) is 0. The van der Waals surface area contributed by atoms with Crippen molar-refractivity contribution in [2.45, 2.75) is 13.8 Å². The summed E-state index contributed by atoms with van der Waals surface area (Å²) in [5.41, 5.74) is 0. The third-order valence-electron chi connectivity index (χ3n) is 2.68. The summed E-state index contributed by atoms with van der Waals surface area (Å²) in [7, 11) is 1.66. The van der Waals surface area contributed by atoms with Crippen molar-refractivity contribution in [3.8, 4) is 11.5 Å². The normalized spacial score (nSPS) is 12.6. The summed E-state index contributed by atoms with van der Waals surface area (Å²) in [6.45, 7) is 5.08. The van der Waals surface area contributed by atoms with E-state index in [2.05, 4.69) is 26.5 Å². The molecule has 0 bridgehead atoms. The lowest BCUT2D eigenvalue weighted by atomic mass is 9.99. The first kappa shape index (κ1) is 13.2. The van der Waals surface area contributed by atoms with E-state index in [0.717, 1.165) is 17.3 Å². The van der Waals surface area contributed by atoms with Crippen molar-refractivity contribution >= 4 is 12.6 Å². The first-order valence-electron chi connectivity index (χ1n) is 5.55. The molecule has 0 aliphatic heterocycles. The van der Waals surface area contributed by atoms with Crippen molar-refractivity contribution in [2.75, 3.05) is 19.5 Å². The van der Waals surface area contributed by atoms with Gasteiger partial charge in [-0.1, -0.05) is 19.9 Å². The lowest BCUT2D eigenvalue weighted by Gasteiger charge is -2.19. The Balaban J connectivity index is 2.53. The van der Waals surface area contributed by atoms with Gasteiger partial charge >= 0.3 is 0 Å². The summed E-state index contributed by atoms with van der Waals surface area (Å²) >= 11 is 4.34. The highest BCUT2D eigenvalue weighted by atomic mass is 32.1. The fraction of sp³-hybridized carbons (Fsp3) is 0.538. The van der Waals surface area contributed by atoms with E-state index in [-0.39, 0.29) is 0 Å². The van der Waals surface area contributed by atoms with Gasteiger partial charge in [-0.3, -0.25) is 0 Å². The number of rotatable bonds is 6. The van der Waals surface area contributed by atoms with Gasteiger partial charge in [-0.2, -0.15) is 12.6 Å². The molecule has 1 unspecified atom stereocenters. The Morgan fingerprint density at radius 2 is 1.94 bits per heavy atom. The number of hydrogen-bond donors (Lipinski definition) is 1. The van der Waals surface area contributed by atoms with Crippen LogP contribution in [0.1, 0.15) is 13.8 Å². The lowest BCUT2D eigenvalue weighted by Crippen LogP contribution is -2.19. The molecule has 0 aliphatic rings. The molecule has 1 aromatic carbocycles. The van der Waals surface area contributed by atoms with E-state index in [1.54, 1.807) is 7.11 Å². The molecule has 2 nitrogen and oxygen atoms in total. The third kappa shape index (κ3) is 3.97. The van der Waals surface area contributed by atoms with Gasteiger partial charge < -0.3 is 9.47 Å². The molecule has 0 amide bonds. The molecule has 0 aliphatic carbocycles. The van der Waals surface area contributed by atoms with Gasteiger partial charge in [0.05, 0.1) is 13.7 Å². The molecule has 0 saturated carbocycles. The second-order valence-electron chi connectivity index (χ2n) is 4.18. The van der Waals surface area contributed by atoms with Crippen molar-refractivity contribution < 1.29 is 9.47 Å². The quantitative estimate of drug-likeness (QED) is 0.769. The van der Waals surface area contributed by atoms with Gasteiger partial charge in [-0.15, -0.1) is 0 Å². The van der Waals surface area contributed by atoms with E-state index in [4.69, 9.17) is 9.47 Å². The Kier molecular flexibility index (Phi) is 5.53. The standard InChI is InChI=1S/C13H20O2S/c1-10(2)11(9-16)8-15-13-6-4-5-12(7-13)14-3/h4-7,10-11,16H,8-9H2,1-3H3. The van der Waals surface area contributed by atoms with Gasteiger partial charge in [0.25, 0.3) is 0 Å². The molecular formula is C13H20O2S. The molecule has 16 heavy (non-hydrogen) atoms. The average Bonchev–Trinajstić information content (AvgIpc) is 2.29. The molecule has 0 radical (unpaired) electrons. The summed E-state index contributed by atoms with van der Waals surface area (Å²) in [5, 5.41) is 0. The summed E-state index contributed by atoms with van der Waals surface area (Å²) in [5.74, 6) is 3.59. The highest BCUT2D eigenvalue weighted by Crippen LogP contribution is 2.21. The van der Waals surface area contributed by atoms with Gasteiger partial charge in [0.15, 0.2) is 0 Å². The molecule has 0 spiro atoms. The fourth-order valence-electron chi connectivity index (χ4n) is 1.35. The maximum absolute atomic E-state index is 5.73. The molecule has 0 heterocycles. The van der Waals surface area contributed by atoms with E-state index < -0.39 is 0 Å². The van der Waals surface area contributed by atoms with E-state index in [0.29, 0.717) is 18.4 Å². The molecule has 90 valence electrons. The van der Waals surface area contributed by atoms with Crippen LogP contribution in [0.25, 0.3) is 0 Å². The molecular weight excluding hydrogens is 220 g/mol. The molecule has 0 saturated heterocycles. The molecule has 3 heteroatoms. The first-order valence-corrected chi connectivity index (χ1v) is 6.18. The molecule has 0 aromatic heterocycles. The van der Waals surface area contributed by atoms with Crippen molar-refractivity contribution in [3.63, 3.8) is 0 Å². The number of methoxy groups -OCH3 is 1. The van der Waals surface area contributed by atoms with Gasteiger partial charge in [0.2, 0.25) is 0 Å². The zero-order chi connectivity index (χ0) is 12.0. The van der Waals surface area contributed by atoms with Gasteiger partial charge in [0, 0.05) is 12.0 Å². The minimum absolute atomic E-state index is 0.481. The third-order valence-corrected chi connectivity index (χ3v) is 3.15. The van der Waals surface area contributed by atoms with Crippen LogP contribution in [0.5, 0.6) is 11.5 Å². The zero-order valence-electron chi connectivity index (χ0n) is 10.1. The minimum Gasteiger partial charge on any atom is -0.497 e. The van der Waals surface area contributed by atoms with Crippen LogP contribution >= 0.6 is 12.6 Å². The summed E-state index contributed by atoms with van der Waals surface area (Å²) < 4.78 is 10.9. The monoisotopic (exact) mass is 240 g/mol. The number of thiol groups is 1. The zero-order valence-corrected chi connectivity index (χ0v) is 11.0. The highest BCUT2D eigenvalue weighted by molar-refractivity contribution is 7.80. The Bertz CT molecular complexity index is 313. The van der Waals surface area contributed by atoms with Crippen molar-refractivity contribution in [1.29, 1.82) is 0 Å². The molecule has 1 atom stereocenters. The number of benzene rings is 1. The number of ether oxygens (including phenoxy) is 2. The van der Waals surface area contributed by atoms with E-state index in [1.165, 1.54) is 0 Å². The first-order chi connectivity index (χ1) is 7.67. The second kappa shape index (κ2) is 6.69. The van der Waals surface area contributed by atoms with Crippen LogP contribution in [0.15, 0.2) is 24.3 Å². The molecule has 0 N–H and O–H groups in total. The van der Waals surface area contributed by atoms with Crippen molar-refractivity contribution in [2.24, 2.45) is 11.8 Å². The molecule has 1 aromatic rings. The van der Waals surface area contributed by atoms with Crippen LogP contribution in [-0.4, -0.2) is 19.5 Å². The van der Waals surface area contributed by atoms with E-state index in [9.17, 15) is 0 Å². The topological polar surface area (TPSA) is 18.5 Å². The summed E-state index contributed by atoms with van der Waals surface area (Å²) in [4.78, 5) is 0. The smallest absolute Gasteiger partial charge is 0.122 e. The Morgan fingerprint density at radius 1 is 1.25 bits per heavy atom. The largest absolute Gasteiger partial charge is 0.497 e. The maximum Gasteiger partial charge on any atom is 0.122 e. The predicted molar refractivity (Wildman–Crippen MR) is 70.7 cm³/mol. The van der Waals surface area contributed by atoms with Crippen LogP contribution in [-0.2, 0) is 0 Å².